The molecule has 0 aromatic heterocycles. The summed E-state index contributed by atoms with van der Waals surface area (Å²) in [5, 5.41) is 0. The van der Waals surface area contributed by atoms with Crippen molar-refractivity contribution in [1.29, 1.82) is 0 Å². The second-order valence-corrected chi connectivity index (χ2v) is 6.52. The quantitative estimate of drug-likeness (QED) is 0.546. The standard InChI is InChI=1S/C22H20F3N/c1-26(2)15-21-19(16-9-5-3-6-10-16)13-18(22(23,24)25)14-20(21)17-11-7-4-8-12-17/h3-14H,15H2,1-2H3. The highest BCUT2D eigenvalue weighted by atomic mass is 19.4. The van der Waals surface area contributed by atoms with Gasteiger partial charge in [-0.05, 0) is 54.0 Å². The minimum Gasteiger partial charge on any atom is -0.305 e. The summed E-state index contributed by atoms with van der Waals surface area (Å²) in [7, 11) is 3.84. The van der Waals surface area contributed by atoms with Crippen LogP contribution >= 0.6 is 0 Å². The van der Waals surface area contributed by atoms with Gasteiger partial charge in [0.15, 0.2) is 0 Å². The molecule has 0 spiro atoms. The van der Waals surface area contributed by atoms with E-state index in [-0.39, 0.29) is 0 Å². The molecule has 0 amide bonds. The molecule has 1 nitrogen and oxygen atoms in total. The SMILES string of the molecule is CN(C)Cc1c(-c2ccccc2)cc(C(F)(F)F)cc1-c1ccccc1. The minimum absolute atomic E-state index is 0.548. The lowest BCUT2D eigenvalue weighted by Crippen LogP contribution is -2.14. The summed E-state index contributed by atoms with van der Waals surface area (Å²) >= 11 is 0. The van der Waals surface area contributed by atoms with Gasteiger partial charge in [-0.25, -0.2) is 0 Å². The first-order valence-corrected chi connectivity index (χ1v) is 8.36. The van der Waals surface area contributed by atoms with E-state index >= 15 is 0 Å². The third-order valence-corrected chi connectivity index (χ3v) is 4.22. The third kappa shape index (κ3) is 3.97. The van der Waals surface area contributed by atoms with Crippen LogP contribution < -0.4 is 0 Å². The second kappa shape index (κ2) is 7.34. The van der Waals surface area contributed by atoms with Crippen LogP contribution in [0, 0.1) is 0 Å². The zero-order valence-electron chi connectivity index (χ0n) is 14.7. The normalized spacial score (nSPS) is 11.8. The van der Waals surface area contributed by atoms with E-state index in [1.54, 1.807) is 0 Å². The molecule has 0 unspecified atom stereocenters. The number of halogens is 3. The summed E-state index contributed by atoms with van der Waals surface area (Å²) in [6.45, 7) is 0.548. The fourth-order valence-corrected chi connectivity index (χ4v) is 3.07. The monoisotopic (exact) mass is 355 g/mol. The highest BCUT2D eigenvalue weighted by Gasteiger charge is 2.32. The Morgan fingerprint density at radius 1 is 0.731 bits per heavy atom. The van der Waals surface area contributed by atoms with Gasteiger partial charge in [0, 0.05) is 6.54 Å². The third-order valence-electron chi connectivity index (χ3n) is 4.22. The van der Waals surface area contributed by atoms with Crippen molar-refractivity contribution in [2.45, 2.75) is 12.7 Å². The zero-order valence-corrected chi connectivity index (χ0v) is 14.7. The predicted molar refractivity (Wildman–Crippen MR) is 99.7 cm³/mol. The Morgan fingerprint density at radius 2 is 1.15 bits per heavy atom. The Hall–Kier alpha value is -2.59. The van der Waals surface area contributed by atoms with Crippen molar-refractivity contribution >= 4 is 0 Å². The van der Waals surface area contributed by atoms with Gasteiger partial charge >= 0.3 is 6.18 Å². The first kappa shape index (κ1) is 18.2. The van der Waals surface area contributed by atoms with E-state index in [1.165, 1.54) is 12.1 Å². The van der Waals surface area contributed by atoms with Gasteiger partial charge < -0.3 is 4.90 Å². The zero-order chi connectivity index (χ0) is 18.7. The average molecular weight is 355 g/mol. The Labute approximate surface area is 151 Å². The summed E-state index contributed by atoms with van der Waals surface area (Å²) in [5.41, 5.74) is 3.07. The van der Waals surface area contributed by atoms with Crippen molar-refractivity contribution in [3.63, 3.8) is 0 Å². The topological polar surface area (TPSA) is 3.24 Å². The number of hydrogen-bond donors (Lipinski definition) is 0. The molecule has 0 aliphatic heterocycles. The van der Waals surface area contributed by atoms with Gasteiger partial charge in [0.05, 0.1) is 5.56 Å². The van der Waals surface area contributed by atoms with Gasteiger partial charge in [-0.15, -0.1) is 0 Å². The van der Waals surface area contributed by atoms with Crippen LogP contribution in [0.2, 0.25) is 0 Å². The maximum Gasteiger partial charge on any atom is 0.416 e. The molecule has 3 aromatic rings. The molecule has 0 N–H and O–H groups in total. The highest BCUT2D eigenvalue weighted by Crippen LogP contribution is 2.40. The van der Waals surface area contributed by atoms with E-state index in [4.69, 9.17) is 0 Å². The summed E-state index contributed by atoms with van der Waals surface area (Å²) < 4.78 is 40.7. The first-order chi connectivity index (χ1) is 12.4. The van der Waals surface area contributed by atoms with E-state index in [0.29, 0.717) is 17.7 Å². The van der Waals surface area contributed by atoms with Gasteiger partial charge in [-0.3, -0.25) is 0 Å². The van der Waals surface area contributed by atoms with Crippen LogP contribution in [-0.4, -0.2) is 19.0 Å². The molecule has 0 bridgehead atoms. The number of alkyl halides is 3. The van der Waals surface area contributed by atoms with Gasteiger partial charge in [0.2, 0.25) is 0 Å². The van der Waals surface area contributed by atoms with E-state index in [1.807, 2.05) is 79.7 Å². The second-order valence-electron chi connectivity index (χ2n) is 6.52. The molecule has 3 rings (SSSR count). The van der Waals surface area contributed by atoms with Crippen molar-refractivity contribution in [3.8, 4) is 22.3 Å². The molecule has 0 saturated heterocycles. The van der Waals surface area contributed by atoms with Gasteiger partial charge in [0.25, 0.3) is 0 Å². The lowest BCUT2D eigenvalue weighted by Gasteiger charge is -2.21. The molecule has 3 aromatic carbocycles. The molecule has 4 heteroatoms. The van der Waals surface area contributed by atoms with E-state index < -0.39 is 11.7 Å². The maximum atomic E-state index is 13.6. The van der Waals surface area contributed by atoms with Crippen LogP contribution in [0.4, 0.5) is 13.2 Å². The molecule has 0 aliphatic carbocycles. The average Bonchev–Trinajstić information content (AvgIpc) is 2.62. The molecule has 0 heterocycles. The molecule has 0 fully saturated rings. The van der Waals surface area contributed by atoms with Crippen LogP contribution in [0.25, 0.3) is 22.3 Å². The van der Waals surface area contributed by atoms with Crippen LogP contribution in [0.1, 0.15) is 11.1 Å². The summed E-state index contributed by atoms with van der Waals surface area (Å²) in [4.78, 5) is 1.97. The summed E-state index contributed by atoms with van der Waals surface area (Å²) in [6, 6.07) is 21.0. The van der Waals surface area contributed by atoms with Gasteiger partial charge in [-0.2, -0.15) is 13.2 Å². The fourth-order valence-electron chi connectivity index (χ4n) is 3.07. The minimum atomic E-state index is -4.40. The van der Waals surface area contributed by atoms with Gasteiger partial charge in [0.1, 0.15) is 0 Å². The molecule has 0 atom stereocenters. The molecular weight excluding hydrogens is 335 g/mol. The van der Waals surface area contributed by atoms with Crippen molar-refractivity contribution in [3.05, 3.63) is 83.9 Å². The maximum absolute atomic E-state index is 13.6. The fraction of sp³-hybridized carbons (Fsp3) is 0.182. The number of rotatable bonds is 4. The van der Waals surface area contributed by atoms with Crippen molar-refractivity contribution < 1.29 is 13.2 Å². The molecule has 134 valence electrons. The Morgan fingerprint density at radius 3 is 1.50 bits per heavy atom. The Kier molecular flexibility index (Phi) is 5.14. The first-order valence-electron chi connectivity index (χ1n) is 8.36. The van der Waals surface area contributed by atoms with E-state index in [9.17, 15) is 13.2 Å². The Balaban J connectivity index is 2.34. The van der Waals surface area contributed by atoms with Crippen LogP contribution in [0.15, 0.2) is 72.8 Å². The highest BCUT2D eigenvalue weighted by molar-refractivity contribution is 5.79. The number of hydrogen-bond acceptors (Lipinski definition) is 1. The largest absolute Gasteiger partial charge is 0.416 e. The molecule has 0 radical (unpaired) electrons. The molecule has 0 aliphatic rings. The summed E-state index contributed by atoms with van der Waals surface area (Å²) in [6.07, 6.45) is -4.40. The number of benzene rings is 3. The van der Waals surface area contributed by atoms with Gasteiger partial charge in [-0.1, -0.05) is 60.7 Å². The lowest BCUT2D eigenvalue weighted by molar-refractivity contribution is -0.137. The Bertz CT molecular complexity index is 808. The van der Waals surface area contributed by atoms with E-state index in [2.05, 4.69) is 0 Å². The summed E-state index contributed by atoms with van der Waals surface area (Å²) in [5.74, 6) is 0. The molecular formula is C22H20F3N. The molecule has 26 heavy (non-hydrogen) atoms. The van der Waals surface area contributed by atoms with Crippen molar-refractivity contribution in [2.75, 3.05) is 14.1 Å². The molecule has 0 saturated carbocycles. The van der Waals surface area contributed by atoms with Crippen LogP contribution in [-0.2, 0) is 12.7 Å². The number of nitrogens with zero attached hydrogens (tertiary/aromatic N) is 1. The lowest BCUT2D eigenvalue weighted by atomic mass is 9.89. The van der Waals surface area contributed by atoms with Crippen LogP contribution in [0.5, 0.6) is 0 Å². The van der Waals surface area contributed by atoms with Crippen molar-refractivity contribution in [1.82, 2.24) is 4.90 Å². The smallest absolute Gasteiger partial charge is 0.305 e. The van der Waals surface area contributed by atoms with Crippen LogP contribution in [0.3, 0.4) is 0 Å². The predicted octanol–water partition coefficient (Wildman–Crippen LogP) is 6.10. The van der Waals surface area contributed by atoms with E-state index in [0.717, 1.165) is 16.7 Å². The van der Waals surface area contributed by atoms with Crippen molar-refractivity contribution in [2.24, 2.45) is 0 Å².